The fraction of sp³-hybridized carbons (Fsp3) is 0.364. The molecule has 2 aromatic rings. The van der Waals surface area contributed by atoms with Crippen molar-refractivity contribution in [2.45, 2.75) is 19.3 Å². The third-order valence-corrected chi connectivity index (χ3v) is 4.99. The minimum Gasteiger partial charge on any atom is -0.399 e. The van der Waals surface area contributed by atoms with Crippen molar-refractivity contribution in [3.8, 4) is 0 Å². The van der Waals surface area contributed by atoms with Crippen molar-refractivity contribution in [1.29, 1.82) is 0 Å². The fourth-order valence-electron chi connectivity index (χ4n) is 3.36. The maximum absolute atomic E-state index is 12.4. The number of nitrogens with zero attached hydrogens (tertiary/aromatic N) is 2. The van der Waals surface area contributed by atoms with Gasteiger partial charge in [-0.3, -0.25) is 9.59 Å². The monoisotopic (exact) mass is 452 g/mol. The lowest BCUT2D eigenvalue weighted by molar-refractivity contribution is -0.131. The van der Waals surface area contributed by atoms with Crippen LogP contribution < -0.4 is 16.0 Å². The van der Waals surface area contributed by atoms with Gasteiger partial charge in [0.2, 0.25) is 11.8 Å². The SMILES string of the molecule is Cl.Cl.Nc1ccc(CC(=O)NCCCC(=O)N2CCN(c3ccccc3)CC2)cc1. The third kappa shape index (κ3) is 7.76. The molecule has 1 heterocycles. The summed E-state index contributed by atoms with van der Waals surface area (Å²) in [4.78, 5) is 28.6. The second kappa shape index (κ2) is 13.0. The molecule has 0 unspecified atom stereocenters. The van der Waals surface area contributed by atoms with E-state index in [1.165, 1.54) is 5.69 Å². The molecule has 1 aliphatic heterocycles. The Morgan fingerprint density at radius 1 is 0.900 bits per heavy atom. The van der Waals surface area contributed by atoms with Gasteiger partial charge in [0.15, 0.2) is 0 Å². The number of rotatable bonds is 7. The van der Waals surface area contributed by atoms with Crippen LogP contribution in [-0.4, -0.2) is 49.4 Å². The minimum atomic E-state index is -0.0336. The van der Waals surface area contributed by atoms with Crippen LogP contribution in [0.25, 0.3) is 0 Å². The predicted octanol–water partition coefficient (Wildman–Crippen LogP) is 2.90. The number of nitrogen functional groups attached to an aromatic ring is 1. The Labute approximate surface area is 190 Å². The highest BCUT2D eigenvalue weighted by molar-refractivity contribution is 5.85. The molecule has 0 saturated carbocycles. The molecule has 30 heavy (non-hydrogen) atoms. The average molecular weight is 453 g/mol. The molecule has 1 aliphatic rings. The van der Waals surface area contributed by atoms with E-state index in [1.807, 2.05) is 35.2 Å². The van der Waals surface area contributed by atoms with Gasteiger partial charge in [-0.05, 0) is 36.2 Å². The van der Waals surface area contributed by atoms with E-state index in [4.69, 9.17) is 5.73 Å². The number of anilines is 2. The number of halogens is 2. The van der Waals surface area contributed by atoms with E-state index in [0.29, 0.717) is 31.5 Å². The van der Waals surface area contributed by atoms with Gasteiger partial charge in [0, 0.05) is 50.5 Å². The van der Waals surface area contributed by atoms with Gasteiger partial charge in [-0.25, -0.2) is 0 Å². The van der Waals surface area contributed by atoms with Gasteiger partial charge in [0.05, 0.1) is 6.42 Å². The molecule has 0 radical (unpaired) electrons. The highest BCUT2D eigenvalue weighted by Crippen LogP contribution is 2.16. The average Bonchev–Trinajstić information content (AvgIpc) is 2.73. The number of hydrogen-bond donors (Lipinski definition) is 2. The van der Waals surface area contributed by atoms with Gasteiger partial charge in [-0.1, -0.05) is 30.3 Å². The van der Waals surface area contributed by atoms with Crippen molar-refractivity contribution in [3.05, 3.63) is 60.2 Å². The minimum absolute atomic E-state index is 0. The number of nitrogens with two attached hydrogens (primary N) is 1. The van der Waals surface area contributed by atoms with E-state index in [2.05, 4.69) is 22.3 Å². The summed E-state index contributed by atoms with van der Waals surface area (Å²) in [5.74, 6) is 0.134. The Bertz CT molecular complexity index is 779. The number of nitrogens with one attached hydrogen (secondary N) is 1. The Kier molecular flexibility index (Phi) is 11.1. The first-order valence-corrected chi connectivity index (χ1v) is 9.81. The third-order valence-electron chi connectivity index (χ3n) is 4.99. The predicted molar refractivity (Wildman–Crippen MR) is 127 cm³/mol. The number of piperazine rings is 1. The molecular weight excluding hydrogens is 423 g/mol. The van der Waals surface area contributed by atoms with Crippen LogP contribution in [0.4, 0.5) is 11.4 Å². The fourth-order valence-corrected chi connectivity index (χ4v) is 3.36. The smallest absolute Gasteiger partial charge is 0.224 e. The molecule has 2 aromatic carbocycles. The van der Waals surface area contributed by atoms with Gasteiger partial charge in [-0.2, -0.15) is 0 Å². The Morgan fingerprint density at radius 3 is 2.17 bits per heavy atom. The second-order valence-electron chi connectivity index (χ2n) is 7.08. The number of amides is 2. The molecule has 0 bridgehead atoms. The number of carbonyl (C=O) groups is 2. The summed E-state index contributed by atoms with van der Waals surface area (Å²) in [5.41, 5.74) is 8.47. The molecule has 0 aromatic heterocycles. The molecule has 0 atom stereocenters. The molecule has 0 aliphatic carbocycles. The molecule has 3 rings (SSSR count). The molecular formula is C22H30Cl2N4O2. The van der Waals surface area contributed by atoms with Crippen molar-refractivity contribution in [1.82, 2.24) is 10.2 Å². The van der Waals surface area contributed by atoms with E-state index in [9.17, 15) is 9.59 Å². The summed E-state index contributed by atoms with van der Waals surface area (Å²) < 4.78 is 0. The molecule has 3 N–H and O–H groups in total. The first-order chi connectivity index (χ1) is 13.6. The lowest BCUT2D eigenvalue weighted by Crippen LogP contribution is -2.48. The summed E-state index contributed by atoms with van der Waals surface area (Å²) in [5, 5.41) is 2.88. The van der Waals surface area contributed by atoms with Crippen LogP contribution in [0.2, 0.25) is 0 Å². The van der Waals surface area contributed by atoms with Crippen LogP contribution in [0, 0.1) is 0 Å². The van der Waals surface area contributed by atoms with Gasteiger partial charge >= 0.3 is 0 Å². The van der Waals surface area contributed by atoms with E-state index in [1.54, 1.807) is 12.1 Å². The molecule has 1 fully saturated rings. The highest BCUT2D eigenvalue weighted by Gasteiger charge is 2.20. The number of benzene rings is 2. The molecule has 6 nitrogen and oxygen atoms in total. The van der Waals surface area contributed by atoms with Crippen LogP contribution >= 0.6 is 24.8 Å². The molecule has 8 heteroatoms. The molecule has 164 valence electrons. The summed E-state index contributed by atoms with van der Waals surface area (Å²) in [6.45, 7) is 3.72. The topological polar surface area (TPSA) is 78.7 Å². The number of para-hydroxylation sites is 1. The quantitative estimate of drug-likeness (QED) is 0.499. The lowest BCUT2D eigenvalue weighted by atomic mass is 10.1. The Hall–Kier alpha value is -2.44. The lowest BCUT2D eigenvalue weighted by Gasteiger charge is -2.36. The highest BCUT2D eigenvalue weighted by atomic mass is 35.5. The van der Waals surface area contributed by atoms with Gasteiger partial charge < -0.3 is 20.9 Å². The normalized spacial score (nSPS) is 13.1. The van der Waals surface area contributed by atoms with Gasteiger partial charge in [0.25, 0.3) is 0 Å². The van der Waals surface area contributed by atoms with Crippen molar-refractivity contribution in [2.24, 2.45) is 0 Å². The van der Waals surface area contributed by atoms with Crippen molar-refractivity contribution in [2.75, 3.05) is 43.4 Å². The van der Waals surface area contributed by atoms with Crippen LogP contribution in [0.3, 0.4) is 0 Å². The summed E-state index contributed by atoms with van der Waals surface area (Å²) in [6, 6.07) is 17.6. The van der Waals surface area contributed by atoms with Crippen LogP contribution in [0.5, 0.6) is 0 Å². The van der Waals surface area contributed by atoms with E-state index in [0.717, 1.165) is 31.7 Å². The maximum Gasteiger partial charge on any atom is 0.224 e. The zero-order chi connectivity index (χ0) is 19.8. The maximum atomic E-state index is 12.4. The van der Waals surface area contributed by atoms with Crippen molar-refractivity contribution >= 4 is 48.0 Å². The Balaban J connectivity index is 0.00000225. The standard InChI is InChI=1S/C22H28N4O2.2ClH/c23-19-10-8-18(9-11-19)17-21(27)24-12-4-7-22(28)26-15-13-25(14-16-26)20-5-2-1-3-6-20;;/h1-3,5-6,8-11H,4,7,12-17,23H2,(H,24,27);2*1H. The van der Waals surface area contributed by atoms with Crippen LogP contribution in [0.15, 0.2) is 54.6 Å². The largest absolute Gasteiger partial charge is 0.399 e. The van der Waals surface area contributed by atoms with Gasteiger partial charge in [-0.15, -0.1) is 24.8 Å². The van der Waals surface area contributed by atoms with E-state index < -0.39 is 0 Å². The number of hydrogen-bond acceptors (Lipinski definition) is 4. The van der Waals surface area contributed by atoms with Crippen molar-refractivity contribution < 1.29 is 9.59 Å². The van der Waals surface area contributed by atoms with Crippen molar-refractivity contribution in [3.63, 3.8) is 0 Å². The Morgan fingerprint density at radius 2 is 1.53 bits per heavy atom. The molecule has 2 amide bonds. The first-order valence-electron chi connectivity index (χ1n) is 9.81. The molecule has 0 spiro atoms. The van der Waals surface area contributed by atoms with E-state index in [-0.39, 0.29) is 36.6 Å². The van der Waals surface area contributed by atoms with Crippen LogP contribution in [-0.2, 0) is 16.0 Å². The van der Waals surface area contributed by atoms with Crippen LogP contribution in [0.1, 0.15) is 18.4 Å². The molecule has 1 saturated heterocycles. The summed E-state index contributed by atoms with van der Waals surface area (Å²) in [6.07, 6.45) is 1.45. The summed E-state index contributed by atoms with van der Waals surface area (Å²) >= 11 is 0. The second-order valence-corrected chi connectivity index (χ2v) is 7.08. The first kappa shape index (κ1) is 25.6. The zero-order valence-electron chi connectivity index (χ0n) is 17.0. The number of carbonyl (C=O) groups excluding carboxylic acids is 2. The van der Waals surface area contributed by atoms with E-state index >= 15 is 0 Å². The zero-order valence-corrected chi connectivity index (χ0v) is 18.6. The summed E-state index contributed by atoms with van der Waals surface area (Å²) in [7, 11) is 0. The van der Waals surface area contributed by atoms with Gasteiger partial charge in [0.1, 0.15) is 0 Å².